The fourth-order valence-electron chi connectivity index (χ4n) is 4.01. The minimum absolute atomic E-state index is 0.00684. The average Bonchev–Trinajstić information content (AvgIpc) is 2.62. The van der Waals surface area contributed by atoms with Gasteiger partial charge >= 0.3 is 0 Å². The van der Waals surface area contributed by atoms with Crippen LogP contribution in [-0.4, -0.2) is 21.8 Å². The Hall–Kier alpha value is -2.18. The van der Waals surface area contributed by atoms with Gasteiger partial charge in [-0.3, -0.25) is 14.9 Å². The number of halogens is 2. The first-order valence-corrected chi connectivity index (χ1v) is 12.1. The molecule has 0 bridgehead atoms. The maximum Gasteiger partial charge on any atom is 0.231 e. The van der Waals surface area contributed by atoms with Gasteiger partial charge in [0.25, 0.3) is 0 Å². The molecular formula is C24H28Cl2N4O2. The zero-order valence-corrected chi connectivity index (χ0v) is 19.7. The van der Waals surface area contributed by atoms with E-state index in [4.69, 9.17) is 23.2 Å². The lowest BCUT2D eigenvalue weighted by Crippen LogP contribution is -2.30. The van der Waals surface area contributed by atoms with Gasteiger partial charge < -0.3 is 5.32 Å². The molecule has 0 radical (unpaired) electrons. The van der Waals surface area contributed by atoms with E-state index in [9.17, 15) is 9.59 Å². The number of nitrogens with one attached hydrogen (secondary N) is 2. The first-order valence-electron chi connectivity index (χ1n) is 11.3. The molecule has 170 valence electrons. The average molecular weight is 475 g/mol. The highest BCUT2D eigenvalue weighted by Gasteiger charge is 2.28. The Morgan fingerprint density at radius 2 is 1.62 bits per heavy atom. The number of amides is 2. The Morgan fingerprint density at radius 3 is 2.22 bits per heavy atom. The number of rotatable bonds is 8. The Labute approximate surface area is 198 Å². The van der Waals surface area contributed by atoms with Crippen molar-refractivity contribution in [2.45, 2.75) is 64.7 Å². The molecule has 2 aliphatic rings. The van der Waals surface area contributed by atoms with Crippen LogP contribution in [0.1, 0.15) is 61.8 Å². The molecule has 2 aliphatic carbocycles. The van der Waals surface area contributed by atoms with Crippen LogP contribution >= 0.6 is 23.2 Å². The Balaban J connectivity index is 1.50. The normalized spacial score (nSPS) is 16.2. The predicted octanol–water partition coefficient (Wildman–Crippen LogP) is 5.74. The Morgan fingerprint density at radius 1 is 0.969 bits per heavy atom. The fourth-order valence-corrected chi connectivity index (χ4v) is 4.51. The van der Waals surface area contributed by atoms with E-state index in [1.54, 1.807) is 6.07 Å². The van der Waals surface area contributed by atoms with Crippen LogP contribution in [-0.2, 0) is 22.4 Å². The maximum absolute atomic E-state index is 12.6. The molecular weight excluding hydrogens is 447 g/mol. The maximum atomic E-state index is 12.6. The predicted molar refractivity (Wildman–Crippen MR) is 127 cm³/mol. The number of aryl methyl sites for hydroxylation is 2. The summed E-state index contributed by atoms with van der Waals surface area (Å²) in [5.41, 5.74) is 2.68. The number of benzene rings is 1. The summed E-state index contributed by atoms with van der Waals surface area (Å²) in [6.45, 7) is 1.89. The number of hydrogen-bond acceptors (Lipinski definition) is 4. The van der Waals surface area contributed by atoms with Crippen LogP contribution in [0.2, 0.25) is 10.0 Å². The Kier molecular flexibility index (Phi) is 7.31. The van der Waals surface area contributed by atoms with Crippen LogP contribution in [0.25, 0.3) is 0 Å². The van der Waals surface area contributed by atoms with Crippen molar-refractivity contribution in [3.8, 4) is 0 Å². The van der Waals surface area contributed by atoms with Crippen molar-refractivity contribution in [3.05, 3.63) is 45.1 Å². The lowest BCUT2D eigenvalue weighted by atomic mass is 9.85. The molecule has 0 saturated heterocycles. The van der Waals surface area contributed by atoms with Gasteiger partial charge in [0.15, 0.2) is 0 Å². The van der Waals surface area contributed by atoms with Crippen molar-refractivity contribution in [3.63, 3.8) is 0 Å². The number of aromatic nitrogens is 2. The van der Waals surface area contributed by atoms with Gasteiger partial charge in [-0.05, 0) is 69.6 Å². The van der Waals surface area contributed by atoms with Crippen LogP contribution in [0.5, 0.6) is 0 Å². The first-order chi connectivity index (χ1) is 15.4. The van der Waals surface area contributed by atoms with E-state index in [1.165, 1.54) is 0 Å². The first kappa shape index (κ1) is 23.0. The van der Waals surface area contributed by atoms with E-state index in [0.717, 1.165) is 68.2 Å². The van der Waals surface area contributed by atoms with Gasteiger partial charge in [0.05, 0.1) is 0 Å². The third kappa shape index (κ3) is 5.41. The van der Waals surface area contributed by atoms with Crippen molar-refractivity contribution in [2.24, 2.45) is 11.8 Å². The molecule has 8 heteroatoms. The Bertz CT molecular complexity index is 1020. The molecule has 4 rings (SSSR count). The van der Waals surface area contributed by atoms with Gasteiger partial charge in [-0.2, -0.15) is 4.98 Å². The highest BCUT2D eigenvalue weighted by Crippen LogP contribution is 2.30. The van der Waals surface area contributed by atoms with Gasteiger partial charge in [0.2, 0.25) is 17.8 Å². The van der Waals surface area contributed by atoms with Gasteiger partial charge in [-0.15, -0.1) is 0 Å². The molecule has 0 atom stereocenters. The van der Waals surface area contributed by atoms with Crippen LogP contribution in [0.15, 0.2) is 18.2 Å². The molecule has 1 aromatic heterocycles. The molecule has 2 N–H and O–H groups in total. The second-order valence-corrected chi connectivity index (χ2v) is 9.63. The van der Waals surface area contributed by atoms with Crippen molar-refractivity contribution in [1.82, 2.24) is 9.97 Å². The molecule has 1 heterocycles. The van der Waals surface area contributed by atoms with Crippen molar-refractivity contribution >= 4 is 46.8 Å². The van der Waals surface area contributed by atoms with Gasteiger partial charge in [-0.25, -0.2) is 4.98 Å². The molecule has 0 spiro atoms. The highest BCUT2D eigenvalue weighted by atomic mass is 35.5. The fraction of sp³-hybridized carbons (Fsp3) is 0.500. The summed E-state index contributed by atoms with van der Waals surface area (Å²) in [6.07, 6.45) is 8.05. The van der Waals surface area contributed by atoms with Crippen LogP contribution < -0.4 is 10.6 Å². The standard InChI is InChI=1S/C24H28Cl2N4O2/c1-14-19(10-4-5-15-11-12-18(25)13-20(15)26)21(28-22(31)16-6-2-7-16)29-24(27-14)30-23(32)17-8-3-9-17/h11-13,16-17H,2-10H2,1H3,(H2,27,28,29,30,31,32). The van der Waals surface area contributed by atoms with Crippen LogP contribution in [0.4, 0.5) is 11.8 Å². The molecule has 1 aromatic carbocycles. The van der Waals surface area contributed by atoms with Crippen LogP contribution in [0.3, 0.4) is 0 Å². The number of carbonyl (C=O) groups is 2. The lowest BCUT2D eigenvalue weighted by molar-refractivity contribution is -0.122. The summed E-state index contributed by atoms with van der Waals surface area (Å²) in [5, 5.41) is 7.11. The van der Waals surface area contributed by atoms with Gasteiger partial charge in [-0.1, -0.05) is 42.1 Å². The zero-order chi connectivity index (χ0) is 22.7. The summed E-state index contributed by atoms with van der Waals surface area (Å²) in [6, 6.07) is 5.52. The molecule has 0 aliphatic heterocycles. The van der Waals surface area contributed by atoms with E-state index >= 15 is 0 Å². The minimum atomic E-state index is -0.0444. The van der Waals surface area contributed by atoms with E-state index < -0.39 is 0 Å². The van der Waals surface area contributed by atoms with E-state index in [-0.39, 0.29) is 29.6 Å². The molecule has 2 aromatic rings. The smallest absolute Gasteiger partial charge is 0.231 e. The van der Waals surface area contributed by atoms with Crippen molar-refractivity contribution in [1.29, 1.82) is 0 Å². The largest absolute Gasteiger partial charge is 0.310 e. The van der Waals surface area contributed by atoms with Crippen LogP contribution in [0, 0.1) is 18.8 Å². The molecule has 6 nitrogen and oxygen atoms in total. The molecule has 2 fully saturated rings. The third-order valence-corrected chi connectivity index (χ3v) is 7.12. The second kappa shape index (κ2) is 10.2. The molecule has 32 heavy (non-hydrogen) atoms. The van der Waals surface area contributed by atoms with Crippen molar-refractivity contribution in [2.75, 3.05) is 10.6 Å². The monoisotopic (exact) mass is 474 g/mol. The number of nitrogens with zero attached hydrogens (tertiary/aromatic N) is 2. The highest BCUT2D eigenvalue weighted by molar-refractivity contribution is 6.35. The molecule has 0 unspecified atom stereocenters. The molecule has 2 amide bonds. The van der Waals surface area contributed by atoms with E-state index in [2.05, 4.69) is 20.6 Å². The third-order valence-electron chi connectivity index (χ3n) is 6.53. The summed E-state index contributed by atoms with van der Waals surface area (Å²) in [5.74, 6) is 0.785. The van der Waals surface area contributed by atoms with Gasteiger partial charge in [0.1, 0.15) is 5.82 Å². The summed E-state index contributed by atoms with van der Waals surface area (Å²) in [7, 11) is 0. The summed E-state index contributed by atoms with van der Waals surface area (Å²) < 4.78 is 0. The summed E-state index contributed by atoms with van der Waals surface area (Å²) in [4.78, 5) is 34.1. The van der Waals surface area contributed by atoms with E-state index in [1.807, 2.05) is 19.1 Å². The van der Waals surface area contributed by atoms with Gasteiger partial charge in [0, 0.05) is 33.1 Å². The SMILES string of the molecule is Cc1nc(NC(=O)C2CCC2)nc(NC(=O)C2CCC2)c1CCCc1ccc(Cl)cc1Cl. The lowest BCUT2D eigenvalue weighted by Gasteiger charge is -2.25. The second-order valence-electron chi connectivity index (χ2n) is 8.78. The summed E-state index contributed by atoms with van der Waals surface area (Å²) >= 11 is 12.3. The number of carbonyl (C=O) groups excluding carboxylic acids is 2. The van der Waals surface area contributed by atoms with E-state index in [0.29, 0.717) is 22.3 Å². The van der Waals surface area contributed by atoms with Crippen molar-refractivity contribution < 1.29 is 9.59 Å². The minimum Gasteiger partial charge on any atom is -0.310 e. The topological polar surface area (TPSA) is 84.0 Å². The zero-order valence-electron chi connectivity index (χ0n) is 18.2. The number of anilines is 2. The molecule has 2 saturated carbocycles. The number of hydrogen-bond donors (Lipinski definition) is 2. The quantitative estimate of drug-likeness (QED) is 0.510.